The van der Waals surface area contributed by atoms with E-state index in [1.54, 1.807) is 0 Å². The molecule has 0 aromatic rings. The number of carboxylic acids is 1. The van der Waals surface area contributed by atoms with Gasteiger partial charge in [0.25, 0.3) is 0 Å². The molecule has 0 bridgehead atoms. The number of carbonyl (C=O) groups is 1. The van der Waals surface area contributed by atoms with Crippen LogP contribution in [0.1, 0.15) is 44.9 Å². The Morgan fingerprint density at radius 3 is 2.00 bits per heavy atom. The van der Waals surface area contributed by atoms with Crippen molar-refractivity contribution in [2.24, 2.45) is 11.1 Å². The Bertz CT molecular complexity index is 172. The highest BCUT2D eigenvalue weighted by Crippen LogP contribution is 2.33. The highest BCUT2D eigenvalue weighted by molar-refractivity contribution is 5.74. The third kappa shape index (κ3) is 2.44. The number of hydrogen-bond acceptors (Lipinski definition) is 2. The van der Waals surface area contributed by atoms with Gasteiger partial charge in [-0.1, -0.05) is 32.1 Å². The summed E-state index contributed by atoms with van der Waals surface area (Å²) in [4.78, 5) is 11.1. The summed E-state index contributed by atoms with van der Waals surface area (Å²) in [6, 6.07) is 0. The molecule has 1 rings (SSSR count). The topological polar surface area (TPSA) is 63.3 Å². The van der Waals surface area contributed by atoms with Crippen LogP contribution in [0.5, 0.6) is 0 Å². The van der Waals surface area contributed by atoms with Crippen molar-refractivity contribution in [3.05, 3.63) is 0 Å². The smallest absolute Gasteiger partial charge is 0.310 e. The third-order valence-corrected chi connectivity index (χ3v) is 3.16. The predicted molar refractivity (Wildman–Crippen MR) is 51.4 cm³/mol. The molecule has 3 N–H and O–H groups in total. The second-order valence-corrected chi connectivity index (χ2v) is 4.06. The van der Waals surface area contributed by atoms with E-state index in [2.05, 4.69) is 0 Å². The van der Waals surface area contributed by atoms with Gasteiger partial charge in [-0.2, -0.15) is 0 Å². The van der Waals surface area contributed by atoms with Gasteiger partial charge in [-0.15, -0.1) is 0 Å². The maximum absolute atomic E-state index is 11.1. The fourth-order valence-corrected chi connectivity index (χ4v) is 2.09. The van der Waals surface area contributed by atoms with Gasteiger partial charge in [-0.25, -0.2) is 0 Å². The Kier molecular flexibility index (Phi) is 3.72. The van der Waals surface area contributed by atoms with E-state index in [1.807, 2.05) is 0 Å². The van der Waals surface area contributed by atoms with Crippen molar-refractivity contribution < 1.29 is 9.90 Å². The molecule has 0 heterocycles. The molecule has 0 radical (unpaired) electrons. The second kappa shape index (κ2) is 4.61. The SMILES string of the molecule is NCC1(C(=O)O)CCCCCCC1. The maximum atomic E-state index is 11.1. The van der Waals surface area contributed by atoms with Gasteiger partial charge < -0.3 is 10.8 Å². The van der Waals surface area contributed by atoms with E-state index in [-0.39, 0.29) is 0 Å². The van der Waals surface area contributed by atoms with Gasteiger partial charge in [-0.3, -0.25) is 4.79 Å². The molecule has 1 aliphatic rings. The lowest BCUT2D eigenvalue weighted by atomic mass is 9.76. The van der Waals surface area contributed by atoms with Gasteiger partial charge >= 0.3 is 5.97 Å². The molecule has 0 atom stereocenters. The van der Waals surface area contributed by atoms with Crippen LogP contribution in [0.3, 0.4) is 0 Å². The summed E-state index contributed by atoms with van der Waals surface area (Å²) in [7, 11) is 0. The van der Waals surface area contributed by atoms with Crippen molar-refractivity contribution in [2.45, 2.75) is 44.9 Å². The molecule has 0 amide bonds. The highest BCUT2D eigenvalue weighted by atomic mass is 16.4. The van der Waals surface area contributed by atoms with E-state index in [1.165, 1.54) is 6.42 Å². The van der Waals surface area contributed by atoms with Crippen LogP contribution in [0.15, 0.2) is 0 Å². The zero-order valence-electron chi connectivity index (χ0n) is 8.09. The summed E-state index contributed by atoms with van der Waals surface area (Å²) in [6.45, 7) is 0.294. The minimum Gasteiger partial charge on any atom is -0.481 e. The van der Waals surface area contributed by atoms with E-state index >= 15 is 0 Å². The van der Waals surface area contributed by atoms with Gasteiger partial charge in [0, 0.05) is 6.54 Å². The summed E-state index contributed by atoms with van der Waals surface area (Å²) in [5, 5.41) is 9.13. The van der Waals surface area contributed by atoms with E-state index in [0.717, 1.165) is 38.5 Å². The first-order chi connectivity index (χ1) is 6.21. The molecule has 76 valence electrons. The van der Waals surface area contributed by atoms with Crippen molar-refractivity contribution >= 4 is 5.97 Å². The Labute approximate surface area is 79.3 Å². The molecule has 0 spiro atoms. The van der Waals surface area contributed by atoms with Crippen molar-refractivity contribution in [3.8, 4) is 0 Å². The minimum atomic E-state index is -0.697. The number of hydrogen-bond donors (Lipinski definition) is 2. The van der Waals surface area contributed by atoms with E-state index in [0.29, 0.717) is 6.54 Å². The molecule has 0 aromatic carbocycles. The van der Waals surface area contributed by atoms with E-state index in [4.69, 9.17) is 10.8 Å². The third-order valence-electron chi connectivity index (χ3n) is 3.16. The van der Waals surface area contributed by atoms with E-state index < -0.39 is 11.4 Å². The van der Waals surface area contributed by atoms with Crippen LogP contribution in [-0.2, 0) is 4.79 Å². The first kappa shape index (κ1) is 10.5. The molecule has 0 aromatic heterocycles. The summed E-state index contributed by atoms with van der Waals surface area (Å²) in [5.74, 6) is -0.697. The van der Waals surface area contributed by atoms with Crippen LogP contribution in [0.2, 0.25) is 0 Å². The monoisotopic (exact) mass is 185 g/mol. The normalized spacial score (nSPS) is 23.2. The van der Waals surface area contributed by atoms with Crippen molar-refractivity contribution in [1.82, 2.24) is 0 Å². The molecule has 1 saturated carbocycles. The molecule has 3 heteroatoms. The lowest BCUT2D eigenvalue weighted by Gasteiger charge is -2.29. The maximum Gasteiger partial charge on any atom is 0.310 e. The quantitative estimate of drug-likeness (QED) is 0.689. The fourth-order valence-electron chi connectivity index (χ4n) is 2.09. The molecule has 0 unspecified atom stereocenters. The van der Waals surface area contributed by atoms with Crippen LogP contribution in [0, 0.1) is 5.41 Å². The highest BCUT2D eigenvalue weighted by Gasteiger charge is 2.36. The summed E-state index contributed by atoms with van der Waals surface area (Å²) in [6.07, 6.45) is 7.13. The Hall–Kier alpha value is -0.570. The van der Waals surface area contributed by atoms with Gasteiger partial charge in [0.05, 0.1) is 5.41 Å². The van der Waals surface area contributed by atoms with Crippen molar-refractivity contribution in [1.29, 1.82) is 0 Å². The van der Waals surface area contributed by atoms with Crippen LogP contribution < -0.4 is 5.73 Å². The molecular formula is C10H19NO2. The molecule has 0 aliphatic heterocycles. The molecule has 13 heavy (non-hydrogen) atoms. The molecule has 1 aliphatic carbocycles. The zero-order valence-corrected chi connectivity index (χ0v) is 8.09. The molecule has 1 fully saturated rings. The first-order valence-electron chi connectivity index (χ1n) is 5.15. The standard InChI is InChI=1S/C10H19NO2/c11-8-10(9(12)13)6-4-2-1-3-5-7-10/h1-8,11H2,(H,12,13). The minimum absolute atomic E-state index is 0.294. The van der Waals surface area contributed by atoms with Crippen LogP contribution in [0.25, 0.3) is 0 Å². The Morgan fingerprint density at radius 1 is 1.15 bits per heavy atom. The molecule has 0 saturated heterocycles. The molecule has 3 nitrogen and oxygen atoms in total. The number of carboxylic acid groups (broad SMARTS) is 1. The number of nitrogens with two attached hydrogens (primary N) is 1. The van der Waals surface area contributed by atoms with Crippen molar-refractivity contribution in [2.75, 3.05) is 6.54 Å². The second-order valence-electron chi connectivity index (χ2n) is 4.06. The summed E-state index contributed by atoms with van der Waals surface area (Å²) < 4.78 is 0. The average molecular weight is 185 g/mol. The van der Waals surface area contributed by atoms with Gasteiger partial charge in [0.15, 0.2) is 0 Å². The zero-order chi connectivity index (χ0) is 9.73. The van der Waals surface area contributed by atoms with Gasteiger partial charge in [-0.05, 0) is 12.8 Å². The Morgan fingerprint density at radius 2 is 1.62 bits per heavy atom. The Balaban J connectivity index is 2.63. The van der Waals surface area contributed by atoms with Crippen LogP contribution in [-0.4, -0.2) is 17.6 Å². The fraction of sp³-hybridized carbons (Fsp3) is 0.900. The lowest BCUT2D eigenvalue weighted by molar-refractivity contribution is -0.149. The van der Waals surface area contributed by atoms with Gasteiger partial charge in [0.1, 0.15) is 0 Å². The van der Waals surface area contributed by atoms with Crippen LogP contribution in [0.4, 0.5) is 0 Å². The number of aliphatic carboxylic acids is 1. The van der Waals surface area contributed by atoms with E-state index in [9.17, 15) is 4.79 Å². The van der Waals surface area contributed by atoms with Gasteiger partial charge in [0.2, 0.25) is 0 Å². The largest absolute Gasteiger partial charge is 0.481 e. The summed E-state index contributed by atoms with van der Waals surface area (Å²) >= 11 is 0. The van der Waals surface area contributed by atoms with Crippen molar-refractivity contribution in [3.63, 3.8) is 0 Å². The number of rotatable bonds is 2. The lowest BCUT2D eigenvalue weighted by Crippen LogP contribution is -2.39. The first-order valence-corrected chi connectivity index (χ1v) is 5.15. The average Bonchev–Trinajstić information content (AvgIpc) is 2.04. The van der Waals surface area contributed by atoms with Crippen LogP contribution >= 0.6 is 0 Å². The summed E-state index contributed by atoms with van der Waals surface area (Å²) in [5.41, 5.74) is 4.97. The predicted octanol–water partition coefficient (Wildman–Crippen LogP) is 1.76. The molecular weight excluding hydrogens is 166 g/mol.